The predicted octanol–water partition coefficient (Wildman–Crippen LogP) is -4.65. The zero-order chi connectivity index (χ0) is 51.7. The number of aliphatic hydroxyl groups is 2. The van der Waals surface area contributed by atoms with Crippen molar-refractivity contribution in [3.63, 3.8) is 0 Å². The van der Waals surface area contributed by atoms with E-state index in [1.807, 2.05) is 0 Å². The Morgan fingerprint density at radius 2 is 1.21 bits per heavy atom. The number of aromatic hydroxyl groups is 1. The van der Waals surface area contributed by atoms with Crippen molar-refractivity contribution >= 4 is 59.1 Å². The van der Waals surface area contributed by atoms with Gasteiger partial charge in [0.25, 0.3) is 0 Å². The largest absolute Gasteiger partial charge is 0.508 e. The zero-order valence-corrected chi connectivity index (χ0v) is 39.2. The monoisotopic (exact) mass is 966 g/mol. The number of hydrogen-bond donors (Lipinski definition) is 15. The summed E-state index contributed by atoms with van der Waals surface area (Å²) in [5.41, 5.74) is 17.3. The van der Waals surface area contributed by atoms with E-state index in [0.717, 1.165) is 6.92 Å². The van der Waals surface area contributed by atoms with Gasteiger partial charge < -0.3 is 80.2 Å². The molecule has 0 saturated carbocycles. The summed E-state index contributed by atoms with van der Waals surface area (Å²) >= 11 is 0. The lowest BCUT2D eigenvalue weighted by Crippen LogP contribution is -2.62. The summed E-state index contributed by atoms with van der Waals surface area (Å²) in [6, 6.07) is -4.01. The number of phenolic OH excluding ortho intramolecular Hbond substituents is 1. The lowest BCUT2D eigenvalue weighted by atomic mass is 9.97. The number of phenols is 1. The maximum atomic E-state index is 13.6. The number of rotatable bonds is 32. The smallest absolute Gasteiger partial charge is 0.326 e. The fraction of sp³-hybridized carbons (Fsp3) is 0.628. The highest BCUT2D eigenvalue weighted by atomic mass is 16.4. The van der Waals surface area contributed by atoms with Crippen LogP contribution in [-0.4, -0.2) is 154 Å². The van der Waals surface area contributed by atoms with Crippen molar-refractivity contribution in [2.75, 3.05) is 26.2 Å². The first kappa shape index (κ1) is 59.6. The number of amides is 9. The summed E-state index contributed by atoms with van der Waals surface area (Å²) in [4.78, 5) is 128. The summed E-state index contributed by atoms with van der Waals surface area (Å²) < 4.78 is 0. The van der Waals surface area contributed by atoms with E-state index in [1.165, 1.54) is 24.3 Å². The Kier molecular flexibility index (Phi) is 27.0. The van der Waals surface area contributed by atoms with Crippen LogP contribution in [0, 0.1) is 11.8 Å². The molecule has 0 aliphatic heterocycles. The van der Waals surface area contributed by atoms with Gasteiger partial charge in [0.05, 0.1) is 31.8 Å². The average molecular weight is 966 g/mol. The summed E-state index contributed by atoms with van der Waals surface area (Å²) in [6.07, 6.45) is -0.471. The number of aliphatic hydroxyl groups excluding tert-OH is 2. The molecule has 18 N–H and O–H groups in total. The van der Waals surface area contributed by atoms with Gasteiger partial charge in [-0.1, -0.05) is 52.7 Å². The van der Waals surface area contributed by atoms with Crippen molar-refractivity contribution in [3.05, 3.63) is 29.8 Å². The van der Waals surface area contributed by atoms with Gasteiger partial charge in [-0.15, -0.1) is 0 Å². The van der Waals surface area contributed by atoms with Crippen LogP contribution in [0.2, 0.25) is 0 Å². The van der Waals surface area contributed by atoms with Crippen LogP contribution >= 0.6 is 0 Å². The fourth-order valence-electron chi connectivity index (χ4n) is 6.35. The van der Waals surface area contributed by atoms with Gasteiger partial charge in [0.1, 0.15) is 42.0 Å². The molecule has 25 heteroatoms. The van der Waals surface area contributed by atoms with E-state index in [9.17, 15) is 68.4 Å². The molecule has 0 spiro atoms. The first-order valence-corrected chi connectivity index (χ1v) is 22.3. The predicted molar refractivity (Wildman–Crippen MR) is 244 cm³/mol. The number of aliphatic carboxylic acids is 1. The molecule has 25 nitrogen and oxygen atoms in total. The fourth-order valence-corrected chi connectivity index (χ4v) is 6.35. The minimum atomic E-state index is -1.76. The van der Waals surface area contributed by atoms with Gasteiger partial charge in [0.2, 0.25) is 53.2 Å². The summed E-state index contributed by atoms with van der Waals surface area (Å²) in [6.45, 7) is 5.81. The lowest BCUT2D eigenvalue weighted by molar-refractivity contribution is -0.143. The molecular weight excluding hydrogens is 895 g/mol. The van der Waals surface area contributed by atoms with Gasteiger partial charge >= 0.3 is 5.97 Å². The Labute approximate surface area is 394 Å². The summed E-state index contributed by atoms with van der Waals surface area (Å²) in [5.74, 6) is -10.3. The molecule has 0 unspecified atom stereocenters. The van der Waals surface area contributed by atoms with E-state index in [-0.39, 0.29) is 43.8 Å². The number of nitrogens with one attached hydrogen (secondary N) is 8. The molecule has 0 saturated heterocycles. The number of nitrogens with two attached hydrogens (primary N) is 3. The van der Waals surface area contributed by atoms with Gasteiger partial charge in [0, 0.05) is 12.8 Å². The zero-order valence-electron chi connectivity index (χ0n) is 39.2. The molecule has 0 aliphatic carbocycles. The molecule has 0 aromatic heterocycles. The van der Waals surface area contributed by atoms with E-state index in [1.54, 1.807) is 27.7 Å². The van der Waals surface area contributed by atoms with Crippen LogP contribution in [0.1, 0.15) is 85.1 Å². The van der Waals surface area contributed by atoms with Gasteiger partial charge in [-0.3, -0.25) is 43.2 Å². The second-order valence-electron chi connectivity index (χ2n) is 16.8. The second kappa shape index (κ2) is 30.8. The molecule has 1 rings (SSSR count). The third-order valence-corrected chi connectivity index (χ3v) is 10.5. The highest BCUT2D eigenvalue weighted by Gasteiger charge is 2.35. The Balaban J connectivity index is 2.99. The summed E-state index contributed by atoms with van der Waals surface area (Å²) in [5, 5.41) is 58.5. The minimum Gasteiger partial charge on any atom is -0.508 e. The van der Waals surface area contributed by atoms with Crippen LogP contribution in [0.5, 0.6) is 5.75 Å². The highest BCUT2D eigenvalue weighted by molar-refractivity contribution is 5.97. The topological polar surface area (TPSA) is 426 Å². The number of unbranched alkanes of at least 4 members (excludes halogenated alkanes) is 1. The molecule has 1 aromatic rings. The number of primary amides is 1. The molecule has 0 heterocycles. The van der Waals surface area contributed by atoms with Crippen molar-refractivity contribution in [2.24, 2.45) is 29.0 Å². The molecule has 1 aromatic carbocycles. The molecule has 382 valence electrons. The molecule has 68 heavy (non-hydrogen) atoms. The van der Waals surface area contributed by atoms with Crippen molar-refractivity contribution < 1.29 is 68.4 Å². The third kappa shape index (κ3) is 22.4. The average Bonchev–Trinajstić information content (AvgIpc) is 3.28. The second-order valence-corrected chi connectivity index (χ2v) is 16.8. The molecular formula is C43H71N11O14. The van der Waals surface area contributed by atoms with Crippen LogP contribution in [0.3, 0.4) is 0 Å². The highest BCUT2D eigenvalue weighted by Crippen LogP contribution is 2.13. The van der Waals surface area contributed by atoms with Gasteiger partial charge in [-0.2, -0.15) is 0 Å². The number of carboxylic acids is 1. The molecule has 9 amide bonds. The molecule has 0 aliphatic rings. The Bertz CT molecular complexity index is 1870. The Hall–Kier alpha value is -6.44. The van der Waals surface area contributed by atoms with Crippen molar-refractivity contribution in [1.82, 2.24) is 42.5 Å². The van der Waals surface area contributed by atoms with E-state index in [0.29, 0.717) is 31.4 Å². The van der Waals surface area contributed by atoms with Crippen LogP contribution in [0.15, 0.2) is 24.3 Å². The van der Waals surface area contributed by atoms with E-state index in [2.05, 4.69) is 42.5 Å². The van der Waals surface area contributed by atoms with Gasteiger partial charge in [-0.25, -0.2) is 4.79 Å². The number of carbonyl (C=O) groups excluding carboxylic acids is 9. The lowest BCUT2D eigenvalue weighted by Gasteiger charge is -2.29. The van der Waals surface area contributed by atoms with E-state index in [4.69, 9.17) is 17.2 Å². The van der Waals surface area contributed by atoms with Crippen LogP contribution in [0.4, 0.5) is 0 Å². The maximum Gasteiger partial charge on any atom is 0.326 e. The molecule has 0 fully saturated rings. The van der Waals surface area contributed by atoms with Gasteiger partial charge in [-0.05, 0) is 68.7 Å². The molecule has 0 bridgehead atoms. The first-order chi connectivity index (χ1) is 31.9. The van der Waals surface area contributed by atoms with Crippen molar-refractivity contribution in [3.8, 4) is 5.75 Å². The number of carbonyl (C=O) groups is 10. The molecule has 9 atom stereocenters. The number of carboxylic acid groups (broad SMARTS) is 1. The SMILES string of the molecule is CC[C@H](C)[C@H](NC(=O)[C@H](CO)NC(=O)[C@@H](NC(=O)CNC(=O)CNC(=O)[C@H](Cc1ccc(O)cc1)NC(=O)[C@@H](N)CCCCN)[C@@H](C)O)C(=O)N[C@@H](CCC(N)=O)C(=O)N[C@@H](CC(C)C)C(=O)O. The van der Waals surface area contributed by atoms with Crippen LogP contribution < -0.4 is 59.7 Å². The van der Waals surface area contributed by atoms with E-state index < -0.39 is 133 Å². The number of hydrogen-bond acceptors (Lipinski definition) is 15. The van der Waals surface area contributed by atoms with Gasteiger partial charge in [0.15, 0.2) is 0 Å². The van der Waals surface area contributed by atoms with E-state index >= 15 is 0 Å². The summed E-state index contributed by atoms with van der Waals surface area (Å²) in [7, 11) is 0. The van der Waals surface area contributed by atoms with Crippen LogP contribution in [0.25, 0.3) is 0 Å². The number of benzene rings is 1. The van der Waals surface area contributed by atoms with Crippen LogP contribution in [-0.2, 0) is 54.4 Å². The standard InChI is InChI=1S/C43H71N11O14/c1-6-23(4)35(41(65)49-28(14-15-32(46)58)39(63)51-30(43(67)68)17-22(2)3)54-40(64)31(21-55)52-42(66)36(24(5)56)53-34(60)20-47-33(59)19-48-38(62)29(18-25-10-12-26(57)13-11-25)50-37(61)27(45)9-7-8-16-44/h10-13,22-24,27-31,35-36,55-57H,6-9,14-21,44-45H2,1-5H3,(H2,46,58)(H,47,59)(H,48,62)(H,49,65)(H,50,61)(H,51,63)(H,52,66)(H,53,60)(H,54,64)(H,67,68)/t23-,24+,27-,28-,29-,30-,31-,35-,36-/m0/s1. The quantitative estimate of drug-likeness (QED) is 0.0302. The maximum absolute atomic E-state index is 13.6. The van der Waals surface area contributed by atoms with Crippen molar-refractivity contribution in [2.45, 2.75) is 134 Å². The van der Waals surface area contributed by atoms with Crippen molar-refractivity contribution in [1.29, 1.82) is 0 Å². The third-order valence-electron chi connectivity index (χ3n) is 10.5. The Morgan fingerprint density at radius 3 is 1.75 bits per heavy atom. The minimum absolute atomic E-state index is 0.0254. The molecule has 0 radical (unpaired) electrons. The normalized spacial score (nSPS) is 15.0. The Morgan fingerprint density at radius 1 is 0.647 bits per heavy atom. The first-order valence-electron chi connectivity index (χ1n) is 22.3.